The molecule has 0 saturated carbocycles. The summed E-state index contributed by atoms with van der Waals surface area (Å²) in [5.41, 5.74) is 3.40. The Kier molecular flexibility index (Phi) is 2.97. The molecule has 0 bridgehead atoms. The molecule has 100 valence electrons. The van der Waals surface area contributed by atoms with Crippen LogP contribution in [0.2, 0.25) is 0 Å². The van der Waals surface area contributed by atoms with Gasteiger partial charge in [-0.05, 0) is 40.0 Å². The molecule has 0 aliphatic carbocycles. The van der Waals surface area contributed by atoms with E-state index in [1.807, 2.05) is 13.1 Å². The van der Waals surface area contributed by atoms with Crippen LogP contribution in [0, 0.1) is 0 Å². The van der Waals surface area contributed by atoms with E-state index in [0.717, 1.165) is 28.5 Å². The largest absolute Gasteiger partial charge is 0.465 e. The van der Waals surface area contributed by atoms with Crippen molar-refractivity contribution in [2.24, 2.45) is 7.05 Å². The number of nitrogens with zero attached hydrogens (tertiary/aromatic N) is 3. The second kappa shape index (κ2) is 4.52. The molecule has 6 heteroatoms. The van der Waals surface area contributed by atoms with E-state index in [9.17, 15) is 4.79 Å². The molecule has 0 radical (unpaired) electrons. The summed E-state index contributed by atoms with van der Waals surface area (Å²) in [5.74, 6) is 0. The van der Waals surface area contributed by atoms with Crippen LogP contribution in [0.4, 0.5) is 4.79 Å². The number of halogens is 1. The highest BCUT2D eigenvalue weighted by molar-refractivity contribution is 9.10. The SMILES string of the molecule is Cn1c2c(c3ccc(Br)nc31)CCN(C(=O)O)CC2. The van der Waals surface area contributed by atoms with Crippen LogP contribution in [0.3, 0.4) is 0 Å². The molecule has 0 saturated heterocycles. The Balaban J connectivity index is 2.10. The molecule has 0 spiro atoms. The Hall–Kier alpha value is -1.56. The quantitative estimate of drug-likeness (QED) is 0.757. The molecular formula is C13H14BrN3O2. The molecule has 0 unspecified atom stereocenters. The molecule has 1 aliphatic rings. The van der Waals surface area contributed by atoms with Crippen molar-refractivity contribution in [2.45, 2.75) is 12.8 Å². The lowest BCUT2D eigenvalue weighted by Crippen LogP contribution is -2.31. The van der Waals surface area contributed by atoms with E-state index in [4.69, 9.17) is 5.11 Å². The number of hydrogen-bond donors (Lipinski definition) is 1. The van der Waals surface area contributed by atoms with Gasteiger partial charge >= 0.3 is 6.09 Å². The number of pyridine rings is 1. The van der Waals surface area contributed by atoms with Gasteiger partial charge in [-0.2, -0.15) is 0 Å². The molecule has 3 heterocycles. The van der Waals surface area contributed by atoms with Gasteiger partial charge in [0.25, 0.3) is 0 Å². The molecule has 3 rings (SSSR count). The molecule has 0 atom stereocenters. The molecule has 2 aromatic heterocycles. The predicted molar refractivity (Wildman–Crippen MR) is 75.4 cm³/mol. The fraction of sp³-hybridized carbons (Fsp3) is 0.385. The van der Waals surface area contributed by atoms with Crippen LogP contribution in [-0.2, 0) is 19.9 Å². The number of fused-ring (bicyclic) bond motifs is 3. The monoisotopic (exact) mass is 323 g/mol. The van der Waals surface area contributed by atoms with E-state index in [-0.39, 0.29) is 0 Å². The van der Waals surface area contributed by atoms with Crippen molar-refractivity contribution < 1.29 is 9.90 Å². The maximum atomic E-state index is 11.1. The van der Waals surface area contributed by atoms with E-state index in [1.165, 1.54) is 16.2 Å². The summed E-state index contributed by atoms with van der Waals surface area (Å²) >= 11 is 3.39. The van der Waals surface area contributed by atoms with E-state index in [1.54, 1.807) is 0 Å². The van der Waals surface area contributed by atoms with Crippen molar-refractivity contribution in [1.82, 2.24) is 14.5 Å². The number of aryl methyl sites for hydroxylation is 1. The standard InChI is InChI=1S/C13H14BrN3O2/c1-16-10-5-7-17(13(18)19)6-4-8(10)9-2-3-11(14)15-12(9)16/h2-3H,4-7H2,1H3,(H,18,19). The summed E-state index contributed by atoms with van der Waals surface area (Å²) < 4.78 is 2.91. The lowest BCUT2D eigenvalue weighted by atomic mass is 10.1. The zero-order valence-electron chi connectivity index (χ0n) is 10.6. The van der Waals surface area contributed by atoms with Crippen LogP contribution in [0.1, 0.15) is 11.3 Å². The van der Waals surface area contributed by atoms with Crippen LogP contribution in [0.15, 0.2) is 16.7 Å². The normalized spacial score (nSPS) is 15.4. The highest BCUT2D eigenvalue weighted by Gasteiger charge is 2.23. The first kappa shape index (κ1) is 12.5. The van der Waals surface area contributed by atoms with Gasteiger partial charge in [0.1, 0.15) is 10.3 Å². The van der Waals surface area contributed by atoms with Crippen molar-refractivity contribution >= 4 is 33.1 Å². The summed E-state index contributed by atoms with van der Waals surface area (Å²) in [6.45, 7) is 1.10. The third-order valence-corrected chi connectivity index (χ3v) is 4.20. The average Bonchev–Trinajstić information content (AvgIpc) is 2.55. The van der Waals surface area contributed by atoms with Crippen LogP contribution in [0.25, 0.3) is 11.0 Å². The fourth-order valence-corrected chi connectivity index (χ4v) is 3.09. The highest BCUT2D eigenvalue weighted by atomic mass is 79.9. The lowest BCUT2D eigenvalue weighted by Gasteiger charge is -2.15. The maximum absolute atomic E-state index is 11.1. The number of carbonyl (C=O) groups is 1. The predicted octanol–water partition coefficient (Wildman–Crippen LogP) is 2.41. The van der Waals surface area contributed by atoms with E-state index in [0.29, 0.717) is 13.1 Å². The van der Waals surface area contributed by atoms with Crippen molar-refractivity contribution in [2.75, 3.05) is 13.1 Å². The van der Waals surface area contributed by atoms with Crippen molar-refractivity contribution in [3.05, 3.63) is 28.0 Å². The van der Waals surface area contributed by atoms with Crippen LogP contribution in [-0.4, -0.2) is 38.7 Å². The van der Waals surface area contributed by atoms with Crippen LogP contribution in [0.5, 0.6) is 0 Å². The minimum absolute atomic E-state index is 0.549. The van der Waals surface area contributed by atoms with Gasteiger partial charge in [-0.25, -0.2) is 9.78 Å². The molecule has 0 fully saturated rings. The number of aromatic nitrogens is 2. The minimum atomic E-state index is -0.835. The van der Waals surface area contributed by atoms with E-state index < -0.39 is 6.09 Å². The molecule has 1 N–H and O–H groups in total. The number of hydrogen-bond acceptors (Lipinski definition) is 2. The molecule has 1 aliphatic heterocycles. The summed E-state index contributed by atoms with van der Waals surface area (Å²) in [6.07, 6.45) is 0.659. The second-order valence-electron chi connectivity index (χ2n) is 4.76. The number of rotatable bonds is 0. The summed E-state index contributed by atoms with van der Waals surface area (Å²) in [4.78, 5) is 17.1. The first-order valence-corrected chi connectivity index (χ1v) is 6.98. The maximum Gasteiger partial charge on any atom is 0.407 e. The second-order valence-corrected chi connectivity index (χ2v) is 5.57. The Morgan fingerprint density at radius 1 is 1.37 bits per heavy atom. The summed E-state index contributed by atoms with van der Waals surface area (Å²) in [5, 5.41) is 10.2. The smallest absolute Gasteiger partial charge is 0.407 e. The zero-order valence-corrected chi connectivity index (χ0v) is 12.1. The highest BCUT2D eigenvalue weighted by Crippen LogP contribution is 2.28. The first-order chi connectivity index (χ1) is 9.08. The minimum Gasteiger partial charge on any atom is -0.465 e. The third-order valence-electron chi connectivity index (χ3n) is 3.76. The number of carboxylic acid groups (broad SMARTS) is 1. The Bertz CT molecular complexity index is 665. The lowest BCUT2D eigenvalue weighted by molar-refractivity contribution is 0.147. The van der Waals surface area contributed by atoms with Gasteiger partial charge < -0.3 is 14.6 Å². The van der Waals surface area contributed by atoms with Gasteiger partial charge in [0.05, 0.1) is 0 Å². The Labute approximate surface area is 119 Å². The first-order valence-electron chi connectivity index (χ1n) is 6.18. The van der Waals surface area contributed by atoms with E-state index >= 15 is 0 Å². The van der Waals surface area contributed by atoms with Gasteiger partial charge in [-0.15, -0.1) is 0 Å². The molecule has 2 aromatic rings. The molecule has 19 heavy (non-hydrogen) atoms. The third kappa shape index (κ3) is 2.00. The molecule has 0 aromatic carbocycles. The van der Waals surface area contributed by atoms with Gasteiger partial charge in [0.2, 0.25) is 0 Å². The van der Waals surface area contributed by atoms with Gasteiger partial charge in [0, 0.05) is 37.6 Å². The zero-order chi connectivity index (χ0) is 13.6. The van der Waals surface area contributed by atoms with Crippen molar-refractivity contribution in [3.8, 4) is 0 Å². The van der Waals surface area contributed by atoms with Crippen LogP contribution >= 0.6 is 15.9 Å². The molecular weight excluding hydrogens is 310 g/mol. The molecule has 1 amide bonds. The Morgan fingerprint density at radius 3 is 2.84 bits per heavy atom. The Morgan fingerprint density at radius 2 is 2.11 bits per heavy atom. The van der Waals surface area contributed by atoms with Gasteiger partial charge in [-0.1, -0.05) is 0 Å². The fourth-order valence-electron chi connectivity index (χ4n) is 2.79. The number of amides is 1. The molecule has 5 nitrogen and oxygen atoms in total. The van der Waals surface area contributed by atoms with Crippen molar-refractivity contribution in [1.29, 1.82) is 0 Å². The van der Waals surface area contributed by atoms with E-state index in [2.05, 4.69) is 31.5 Å². The topological polar surface area (TPSA) is 58.4 Å². The van der Waals surface area contributed by atoms with Crippen LogP contribution < -0.4 is 0 Å². The van der Waals surface area contributed by atoms with Gasteiger partial charge in [-0.3, -0.25) is 0 Å². The van der Waals surface area contributed by atoms with Crippen molar-refractivity contribution in [3.63, 3.8) is 0 Å². The van der Waals surface area contributed by atoms with Gasteiger partial charge in [0.15, 0.2) is 0 Å². The average molecular weight is 324 g/mol. The summed E-state index contributed by atoms with van der Waals surface area (Å²) in [7, 11) is 2.00. The summed E-state index contributed by atoms with van der Waals surface area (Å²) in [6, 6.07) is 3.99.